The van der Waals surface area contributed by atoms with Crippen molar-refractivity contribution in [3.63, 3.8) is 0 Å². The second-order valence-electron chi connectivity index (χ2n) is 7.59. The zero-order valence-electron chi connectivity index (χ0n) is 15.0. The Hall–Kier alpha value is -1.53. The highest BCUT2D eigenvalue weighted by molar-refractivity contribution is 5.77. The highest BCUT2D eigenvalue weighted by Gasteiger charge is 2.50. The minimum absolute atomic E-state index is 0.0685. The van der Waals surface area contributed by atoms with Crippen LogP contribution in [0.25, 0.3) is 0 Å². The molecule has 1 aromatic rings. The minimum atomic E-state index is -2.61. The van der Waals surface area contributed by atoms with E-state index in [1.54, 1.807) is 4.90 Å². The summed E-state index contributed by atoms with van der Waals surface area (Å²) in [6, 6.07) is 9.88. The molecule has 3 rings (SSSR count). The van der Waals surface area contributed by atoms with Gasteiger partial charge in [0.05, 0.1) is 6.54 Å². The molecule has 1 atom stereocenters. The van der Waals surface area contributed by atoms with Crippen molar-refractivity contribution in [3.8, 4) is 0 Å². The average molecular weight is 351 g/mol. The van der Waals surface area contributed by atoms with Gasteiger partial charge in [-0.1, -0.05) is 30.3 Å². The number of likely N-dealkylation sites (N-methyl/N-ethyl adjacent to an activating group) is 1. The second kappa shape index (κ2) is 7.38. The number of aryl methyl sites for hydroxylation is 1. The molecule has 6 heteroatoms. The van der Waals surface area contributed by atoms with Crippen molar-refractivity contribution in [3.05, 3.63) is 35.9 Å². The van der Waals surface area contributed by atoms with E-state index in [4.69, 9.17) is 0 Å². The van der Waals surface area contributed by atoms with Gasteiger partial charge in [-0.25, -0.2) is 8.78 Å². The number of halogens is 2. The van der Waals surface area contributed by atoms with Crippen molar-refractivity contribution < 1.29 is 13.6 Å². The molecule has 0 aliphatic carbocycles. The molecule has 2 heterocycles. The van der Waals surface area contributed by atoms with E-state index < -0.39 is 5.92 Å². The lowest BCUT2D eigenvalue weighted by Crippen LogP contribution is -2.63. The van der Waals surface area contributed by atoms with Crippen LogP contribution in [0.3, 0.4) is 0 Å². The van der Waals surface area contributed by atoms with Crippen LogP contribution >= 0.6 is 0 Å². The zero-order valence-corrected chi connectivity index (χ0v) is 15.0. The number of nitrogens with zero attached hydrogens (tertiary/aromatic N) is 3. The van der Waals surface area contributed by atoms with Gasteiger partial charge < -0.3 is 9.80 Å². The van der Waals surface area contributed by atoms with Crippen LogP contribution in [0.1, 0.15) is 18.4 Å². The van der Waals surface area contributed by atoms with E-state index >= 15 is 0 Å². The van der Waals surface area contributed by atoms with E-state index in [1.165, 1.54) is 0 Å². The third-order valence-corrected chi connectivity index (χ3v) is 5.15. The average Bonchev–Trinajstić information content (AvgIpc) is 2.78. The first-order valence-corrected chi connectivity index (χ1v) is 8.94. The van der Waals surface area contributed by atoms with Crippen molar-refractivity contribution in [2.75, 3.05) is 40.3 Å². The third-order valence-electron chi connectivity index (χ3n) is 5.15. The maximum atomic E-state index is 13.8. The summed E-state index contributed by atoms with van der Waals surface area (Å²) in [5, 5.41) is 0. The molecule has 2 aliphatic heterocycles. The predicted molar refractivity (Wildman–Crippen MR) is 93.7 cm³/mol. The first-order chi connectivity index (χ1) is 11.8. The van der Waals surface area contributed by atoms with Crippen molar-refractivity contribution in [1.29, 1.82) is 0 Å². The van der Waals surface area contributed by atoms with Crippen LogP contribution in [0.15, 0.2) is 30.3 Å². The molecule has 25 heavy (non-hydrogen) atoms. The van der Waals surface area contributed by atoms with Crippen LogP contribution in [-0.4, -0.2) is 78.9 Å². The lowest BCUT2D eigenvalue weighted by atomic mass is 10.0. The van der Waals surface area contributed by atoms with Gasteiger partial charge in [-0.3, -0.25) is 9.69 Å². The first kappa shape index (κ1) is 18.3. The summed E-state index contributed by atoms with van der Waals surface area (Å²) in [4.78, 5) is 18.0. The maximum absolute atomic E-state index is 13.8. The number of carbonyl (C=O) groups excluding carboxylic acids is 1. The Morgan fingerprint density at radius 1 is 1.24 bits per heavy atom. The van der Waals surface area contributed by atoms with Crippen LogP contribution < -0.4 is 0 Å². The van der Waals surface area contributed by atoms with E-state index in [0.717, 1.165) is 12.0 Å². The van der Waals surface area contributed by atoms with Crippen molar-refractivity contribution in [2.45, 2.75) is 37.3 Å². The van der Waals surface area contributed by atoms with E-state index in [9.17, 15) is 13.6 Å². The van der Waals surface area contributed by atoms with E-state index in [1.807, 2.05) is 54.2 Å². The highest BCUT2D eigenvalue weighted by atomic mass is 19.3. The summed E-state index contributed by atoms with van der Waals surface area (Å²) in [5.41, 5.74) is 1.15. The Kier molecular flexibility index (Phi) is 5.39. The van der Waals surface area contributed by atoms with Crippen LogP contribution in [0, 0.1) is 0 Å². The van der Waals surface area contributed by atoms with Crippen LogP contribution in [0.5, 0.6) is 0 Å². The summed E-state index contributed by atoms with van der Waals surface area (Å²) in [7, 11) is 3.82. The number of alkyl halides is 2. The Morgan fingerprint density at radius 2 is 1.92 bits per heavy atom. The number of amides is 1. The van der Waals surface area contributed by atoms with Crippen LogP contribution in [-0.2, 0) is 11.2 Å². The summed E-state index contributed by atoms with van der Waals surface area (Å²) >= 11 is 0. The molecule has 0 bridgehead atoms. The molecular formula is C19H27F2N3O. The van der Waals surface area contributed by atoms with Crippen LogP contribution in [0.4, 0.5) is 8.78 Å². The molecule has 0 unspecified atom stereocenters. The van der Waals surface area contributed by atoms with Crippen molar-refractivity contribution >= 4 is 5.91 Å². The highest BCUT2D eigenvalue weighted by Crippen LogP contribution is 2.35. The van der Waals surface area contributed by atoms with Gasteiger partial charge in [0.1, 0.15) is 0 Å². The van der Waals surface area contributed by atoms with Gasteiger partial charge in [-0.05, 0) is 26.1 Å². The summed E-state index contributed by atoms with van der Waals surface area (Å²) in [6.45, 7) is 1.61. The molecule has 0 saturated carbocycles. The summed E-state index contributed by atoms with van der Waals surface area (Å²) in [6.07, 6.45) is 1.13. The van der Waals surface area contributed by atoms with E-state index in [2.05, 4.69) is 0 Å². The van der Waals surface area contributed by atoms with Gasteiger partial charge in [0.25, 0.3) is 5.92 Å². The predicted octanol–water partition coefficient (Wildman–Crippen LogP) is 2.10. The number of hydrogen-bond acceptors (Lipinski definition) is 3. The second-order valence-corrected chi connectivity index (χ2v) is 7.59. The molecule has 1 amide bonds. The van der Waals surface area contributed by atoms with Crippen molar-refractivity contribution in [1.82, 2.24) is 14.7 Å². The molecule has 2 saturated heterocycles. The van der Waals surface area contributed by atoms with Gasteiger partial charge in [0.2, 0.25) is 5.91 Å². The maximum Gasteiger partial charge on any atom is 0.262 e. The van der Waals surface area contributed by atoms with Crippen molar-refractivity contribution in [2.24, 2.45) is 0 Å². The largest absolute Gasteiger partial charge is 0.339 e. The van der Waals surface area contributed by atoms with Gasteiger partial charge >= 0.3 is 0 Å². The molecule has 1 aromatic carbocycles. The monoisotopic (exact) mass is 351 g/mol. The lowest BCUT2D eigenvalue weighted by molar-refractivity contribution is -0.139. The number of carbonyl (C=O) groups is 1. The molecule has 2 aliphatic rings. The quantitative estimate of drug-likeness (QED) is 0.785. The Morgan fingerprint density at radius 3 is 2.56 bits per heavy atom. The van der Waals surface area contributed by atoms with Gasteiger partial charge in [-0.15, -0.1) is 0 Å². The molecule has 138 valence electrons. The van der Waals surface area contributed by atoms with E-state index in [0.29, 0.717) is 26.1 Å². The zero-order chi connectivity index (χ0) is 18.0. The summed E-state index contributed by atoms with van der Waals surface area (Å²) in [5.74, 6) is -2.49. The Bertz CT molecular complexity index is 588. The smallest absolute Gasteiger partial charge is 0.262 e. The fraction of sp³-hybridized carbons (Fsp3) is 0.632. The topological polar surface area (TPSA) is 26.8 Å². The normalized spacial score (nSPS) is 23.9. The fourth-order valence-electron chi connectivity index (χ4n) is 3.86. The molecule has 0 spiro atoms. The third kappa shape index (κ3) is 4.55. The standard InChI is InChI=1S/C19H27F2N3O/c1-22(2)11-16-10-19(20,21)14-24(16)17-12-23(13-17)18(25)9-8-15-6-4-3-5-7-15/h3-7,16-17H,8-14H2,1-2H3/t16-/m0/s1. The number of rotatable bonds is 6. The van der Waals surface area contributed by atoms with Gasteiger partial charge in [0.15, 0.2) is 0 Å². The Labute approximate surface area is 148 Å². The molecular weight excluding hydrogens is 324 g/mol. The fourth-order valence-corrected chi connectivity index (χ4v) is 3.86. The molecule has 0 radical (unpaired) electrons. The molecule has 0 N–H and O–H groups in total. The number of benzene rings is 1. The molecule has 0 aromatic heterocycles. The lowest BCUT2D eigenvalue weighted by Gasteiger charge is -2.46. The molecule has 4 nitrogen and oxygen atoms in total. The number of likely N-dealkylation sites (tertiary alicyclic amines) is 2. The van der Waals surface area contributed by atoms with Gasteiger partial charge in [0, 0.05) is 44.6 Å². The summed E-state index contributed by atoms with van der Waals surface area (Å²) < 4.78 is 27.7. The first-order valence-electron chi connectivity index (χ1n) is 8.94. The molecule has 2 fully saturated rings. The van der Waals surface area contributed by atoms with E-state index in [-0.39, 0.29) is 31.0 Å². The van der Waals surface area contributed by atoms with Crippen LogP contribution in [0.2, 0.25) is 0 Å². The number of hydrogen-bond donors (Lipinski definition) is 0. The SMILES string of the molecule is CN(C)C[C@@H]1CC(F)(F)CN1C1CN(C(=O)CCc2ccccc2)C1. The Balaban J connectivity index is 1.48. The van der Waals surface area contributed by atoms with Gasteiger partial charge in [-0.2, -0.15) is 0 Å². The minimum Gasteiger partial charge on any atom is -0.339 e.